The third-order valence-corrected chi connectivity index (χ3v) is 4.97. The Morgan fingerprint density at radius 3 is 2.88 bits per heavy atom. The molecule has 130 valence electrons. The first-order valence-electron chi connectivity index (χ1n) is 8.85. The number of H-pyrrole nitrogens is 1. The van der Waals surface area contributed by atoms with E-state index in [1.165, 1.54) is 5.56 Å². The molecule has 6 nitrogen and oxygen atoms in total. The molecule has 0 bridgehead atoms. The fourth-order valence-electron chi connectivity index (χ4n) is 3.53. The van der Waals surface area contributed by atoms with Crippen molar-refractivity contribution in [2.75, 3.05) is 13.1 Å². The Balaban J connectivity index is 1.49. The van der Waals surface area contributed by atoms with Gasteiger partial charge in [0.2, 0.25) is 5.89 Å². The van der Waals surface area contributed by atoms with Gasteiger partial charge in [-0.15, -0.1) is 0 Å². The molecule has 2 aromatic heterocycles. The smallest absolute Gasteiger partial charge is 0.243 e. The van der Waals surface area contributed by atoms with Crippen LogP contribution < -0.4 is 0 Å². The molecule has 4 rings (SSSR count). The van der Waals surface area contributed by atoms with Gasteiger partial charge < -0.3 is 9.51 Å². The van der Waals surface area contributed by atoms with Crippen molar-refractivity contribution < 1.29 is 4.52 Å². The second-order valence-corrected chi connectivity index (χ2v) is 6.74. The summed E-state index contributed by atoms with van der Waals surface area (Å²) in [6, 6.07) is 10.5. The zero-order chi connectivity index (χ0) is 17.2. The molecule has 0 aliphatic carbocycles. The summed E-state index contributed by atoms with van der Waals surface area (Å²) in [6.07, 6.45) is 4.23. The van der Waals surface area contributed by atoms with Gasteiger partial charge in [-0.25, -0.2) is 4.98 Å². The Morgan fingerprint density at radius 2 is 2.12 bits per heavy atom. The lowest BCUT2D eigenvalue weighted by Gasteiger charge is -2.34. The van der Waals surface area contributed by atoms with E-state index in [-0.39, 0.29) is 6.04 Å². The number of nitrogens with one attached hydrogen (secondary N) is 1. The zero-order valence-corrected chi connectivity index (χ0v) is 14.6. The summed E-state index contributed by atoms with van der Waals surface area (Å²) in [5.41, 5.74) is 2.25. The van der Waals surface area contributed by atoms with E-state index in [1.807, 2.05) is 31.3 Å². The fraction of sp³-hybridized carbons (Fsp3) is 0.421. The van der Waals surface area contributed by atoms with Gasteiger partial charge in [0.25, 0.3) is 0 Å². The van der Waals surface area contributed by atoms with Crippen LogP contribution in [0.3, 0.4) is 0 Å². The lowest BCUT2D eigenvalue weighted by atomic mass is 9.96. The van der Waals surface area contributed by atoms with Crippen LogP contribution in [0, 0.1) is 6.92 Å². The monoisotopic (exact) mass is 337 g/mol. The number of hydrogen-bond acceptors (Lipinski definition) is 5. The second kappa shape index (κ2) is 6.80. The van der Waals surface area contributed by atoms with Gasteiger partial charge in [-0.05, 0) is 38.8 Å². The van der Waals surface area contributed by atoms with E-state index < -0.39 is 0 Å². The lowest BCUT2D eigenvalue weighted by molar-refractivity contribution is 0.131. The van der Waals surface area contributed by atoms with Crippen molar-refractivity contribution in [2.24, 2.45) is 0 Å². The van der Waals surface area contributed by atoms with Gasteiger partial charge in [0.1, 0.15) is 5.82 Å². The van der Waals surface area contributed by atoms with E-state index in [4.69, 9.17) is 4.52 Å². The molecule has 3 heterocycles. The van der Waals surface area contributed by atoms with Crippen molar-refractivity contribution >= 4 is 0 Å². The predicted molar refractivity (Wildman–Crippen MR) is 95.0 cm³/mol. The average Bonchev–Trinajstić information content (AvgIpc) is 3.31. The summed E-state index contributed by atoms with van der Waals surface area (Å²) in [5.74, 6) is 2.85. The number of nitrogens with zero attached hydrogens (tertiary/aromatic N) is 4. The highest BCUT2D eigenvalue weighted by Gasteiger charge is 2.29. The van der Waals surface area contributed by atoms with Gasteiger partial charge in [0, 0.05) is 12.5 Å². The molecule has 0 radical (unpaired) electrons. The lowest BCUT2D eigenvalue weighted by Crippen LogP contribution is -2.36. The minimum absolute atomic E-state index is 0.132. The van der Waals surface area contributed by atoms with Crippen molar-refractivity contribution in [3.05, 3.63) is 54.1 Å². The van der Waals surface area contributed by atoms with Gasteiger partial charge in [-0.3, -0.25) is 4.90 Å². The highest BCUT2D eigenvalue weighted by molar-refractivity contribution is 5.58. The minimum atomic E-state index is 0.132. The normalized spacial score (nSPS) is 19.8. The SMILES string of the molecule is Cc1noc([C@H](C)N2CCC[C@@H](c3ncc(-c4ccccc4)[nH]3)C2)n1. The van der Waals surface area contributed by atoms with E-state index in [1.54, 1.807) is 0 Å². The highest BCUT2D eigenvalue weighted by Crippen LogP contribution is 2.31. The van der Waals surface area contributed by atoms with Gasteiger partial charge in [-0.2, -0.15) is 4.98 Å². The molecule has 6 heteroatoms. The Bertz CT molecular complexity index is 825. The highest BCUT2D eigenvalue weighted by atomic mass is 16.5. The Morgan fingerprint density at radius 1 is 1.28 bits per heavy atom. The quantitative estimate of drug-likeness (QED) is 0.786. The van der Waals surface area contributed by atoms with Crippen LogP contribution in [0.5, 0.6) is 0 Å². The third kappa shape index (κ3) is 3.35. The van der Waals surface area contributed by atoms with Crippen LogP contribution in [0.25, 0.3) is 11.3 Å². The number of rotatable bonds is 4. The summed E-state index contributed by atoms with van der Waals surface area (Å²) in [4.78, 5) is 15.0. The standard InChI is InChI=1S/C19H23N5O/c1-13(19-21-14(2)23-25-19)24-10-6-9-16(12-24)18-20-11-17(22-18)15-7-4-3-5-8-15/h3-5,7-8,11,13,16H,6,9-10,12H2,1-2H3,(H,20,22)/t13-,16+/m0/s1. The maximum atomic E-state index is 5.36. The van der Waals surface area contributed by atoms with E-state index in [2.05, 4.69) is 44.1 Å². The van der Waals surface area contributed by atoms with Crippen LogP contribution in [0.4, 0.5) is 0 Å². The number of imidazole rings is 1. The molecule has 2 atom stereocenters. The average molecular weight is 337 g/mol. The van der Waals surface area contributed by atoms with Crippen LogP contribution in [0.1, 0.15) is 49.3 Å². The van der Waals surface area contributed by atoms with E-state index in [0.29, 0.717) is 17.6 Å². The fourth-order valence-corrected chi connectivity index (χ4v) is 3.53. The summed E-state index contributed by atoms with van der Waals surface area (Å²) < 4.78 is 5.36. The molecule has 1 aliphatic rings. The molecule has 0 unspecified atom stereocenters. The van der Waals surface area contributed by atoms with Crippen LogP contribution in [-0.4, -0.2) is 38.1 Å². The maximum absolute atomic E-state index is 5.36. The van der Waals surface area contributed by atoms with Gasteiger partial charge >= 0.3 is 0 Å². The molecule has 0 saturated carbocycles. The zero-order valence-electron chi connectivity index (χ0n) is 14.6. The number of aryl methyl sites for hydroxylation is 1. The number of benzene rings is 1. The largest absolute Gasteiger partial charge is 0.342 e. The molecule has 1 aromatic carbocycles. The second-order valence-electron chi connectivity index (χ2n) is 6.74. The maximum Gasteiger partial charge on any atom is 0.243 e. The Hall–Kier alpha value is -2.47. The summed E-state index contributed by atoms with van der Waals surface area (Å²) in [6.45, 7) is 5.98. The summed E-state index contributed by atoms with van der Waals surface area (Å²) in [5, 5.41) is 3.92. The van der Waals surface area contributed by atoms with Crippen LogP contribution in [0.15, 0.2) is 41.1 Å². The first-order chi connectivity index (χ1) is 12.2. The molecule has 0 spiro atoms. The van der Waals surface area contributed by atoms with E-state index >= 15 is 0 Å². The van der Waals surface area contributed by atoms with Crippen LogP contribution >= 0.6 is 0 Å². The van der Waals surface area contributed by atoms with Crippen molar-refractivity contribution in [1.29, 1.82) is 0 Å². The van der Waals surface area contributed by atoms with Gasteiger partial charge in [0.05, 0.1) is 17.9 Å². The van der Waals surface area contributed by atoms with Crippen LogP contribution in [0.2, 0.25) is 0 Å². The third-order valence-electron chi connectivity index (χ3n) is 4.97. The number of hydrogen-bond donors (Lipinski definition) is 1. The summed E-state index contributed by atoms with van der Waals surface area (Å²) in [7, 11) is 0. The van der Waals surface area contributed by atoms with Crippen molar-refractivity contribution in [2.45, 2.75) is 38.6 Å². The topological polar surface area (TPSA) is 70.8 Å². The number of aromatic nitrogens is 4. The Labute approximate surface area is 147 Å². The minimum Gasteiger partial charge on any atom is -0.342 e. The first kappa shape index (κ1) is 16.0. The molecule has 25 heavy (non-hydrogen) atoms. The van der Waals surface area contributed by atoms with Gasteiger partial charge in [-0.1, -0.05) is 35.5 Å². The van der Waals surface area contributed by atoms with E-state index in [9.17, 15) is 0 Å². The van der Waals surface area contributed by atoms with E-state index in [0.717, 1.165) is 37.4 Å². The number of piperidine rings is 1. The summed E-state index contributed by atoms with van der Waals surface area (Å²) >= 11 is 0. The van der Waals surface area contributed by atoms with Crippen molar-refractivity contribution in [1.82, 2.24) is 25.0 Å². The first-order valence-corrected chi connectivity index (χ1v) is 8.85. The van der Waals surface area contributed by atoms with Crippen molar-refractivity contribution in [3.63, 3.8) is 0 Å². The number of aromatic amines is 1. The molecule has 3 aromatic rings. The molecule has 1 saturated heterocycles. The van der Waals surface area contributed by atoms with Crippen LogP contribution in [-0.2, 0) is 0 Å². The molecular weight excluding hydrogens is 314 g/mol. The molecular formula is C19H23N5O. The predicted octanol–water partition coefficient (Wildman–Crippen LogP) is 3.71. The van der Waals surface area contributed by atoms with Gasteiger partial charge in [0.15, 0.2) is 5.82 Å². The molecule has 0 amide bonds. The van der Waals surface area contributed by atoms with Crippen molar-refractivity contribution in [3.8, 4) is 11.3 Å². The number of likely N-dealkylation sites (tertiary alicyclic amines) is 1. The molecule has 1 N–H and O–H groups in total. The molecule has 1 aliphatic heterocycles. The Kier molecular flexibility index (Phi) is 4.36. The molecule has 1 fully saturated rings.